The number of fused-ring (bicyclic) bond motifs is 13. The molecule has 3 heterocycles. The van der Waals surface area contributed by atoms with Crippen LogP contribution in [0.25, 0.3) is 72.1 Å². The van der Waals surface area contributed by atoms with Gasteiger partial charge in [-0.2, -0.15) is 12.1 Å². The molecule has 0 amide bonds. The number of aromatic nitrogens is 2. The van der Waals surface area contributed by atoms with E-state index in [1.54, 1.807) is 0 Å². The van der Waals surface area contributed by atoms with Crippen LogP contribution in [0, 0.1) is 18.8 Å². The van der Waals surface area contributed by atoms with Crippen molar-refractivity contribution in [2.45, 2.75) is 103 Å². The van der Waals surface area contributed by atoms with Crippen molar-refractivity contribution in [3.05, 3.63) is 318 Å². The van der Waals surface area contributed by atoms with Crippen LogP contribution in [0.3, 0.4) is 0 Å². The number of para-hydroxylation sites is 4. The van der Waals surface area contributed by atoms with E-state index in [-0.39, 0.29) is 42.7 Å². The minimum Gasteiger partial charge on any atom is -0.509 e. The first kappa shape index (κ1) is 60.7. The Bertz CT molecular complexity index is 5060. The fraction of sp³-hybridized carbons (Fsp3) is 0.182. The van der Waals surface area contributed by atoms with Gasteiger partial charge in [0.25, 0.3) is 0 Å². The Hall–Kier alpha value is -9.54. The Morgan fingerprint density at radius 1 is 0.404 bits per heavy atom. The molecule has 0 radical (unpaired) electrons. The summed E-state index contributed by atoms with van der Waals surface area (Å²) in [6, 6.07) is 97.2. The molecule has 0 atom stereocenters. The predicted molar refractivity (Wildman–Crippen MR) is 386 cm³/mol. The van der Waals surface area contributed by atoms with Gasteiger partial charge >= 0.3 is 0 Å². The Morgan fingerprint density at radius 3 is 1.61 bits per heavy atom. The molecule has 466 valence electrons. The van der Waals surface area contributed by atoms with Gasteiger partial charge in [-0.15, -0.1) is 48.1 Å². The summed E-state index contributed by atoms with van der Waals surface area (Å²) in [5.74, 6) is 1.97. The van der Waals surface area contributed by atoms with Gasteiger partial charge < -0.3 is 19.1 Å². The zero-order chi connectivity index (χ0) is 63.9. The molecule has 0 N–H and O–H groups in total. The smallest absolute Gasteiger partial charge is 0.135 e. The van der Waals surface area contributed by atoms with Crippen molar-refractivity contribution in [3.63, 3.8) is 0 Å². The molecule has 0 saturated carbocycles. The normalized spacial score (nSPS) is 14.3. The van der Waals surface area contributed by atoms with Gasteiger partial charge in [0.1, 0.15) is 5.82 Å². The predicted octanol–water partition coefficient (Wildman–Crippen LogP) is 22.9. The molecule has 94 heavy (non-hydrogen) atoms. The molecule has 2 aromatic heterocycles. The maximum atomic E-state index is 6.87. The molecule has 0 bridgehead atoms. The summed E-state index contributed by atoms with van der Waals surface area (Å²) < 4.78 is 9.06. The quantitative estimate of drug-likeness (QED) is 0.142. The van der Waals surface area contributed by atoms with Crippen molar-refractivity contribution in [2.24, 2.45) is 0 Å². The van der Waals surface area contributed by atoms with Crippen LogP contribution < -0.4 is 14.5 Å². The first-order valence-electron chi connectivity index (χ1n) is 32.7. The summed E-state index contributed by atoms with van der Waals surface area (Å²) >= 11 is 0. The second-order valence-corrected chi connectivity index (χ2v) is 29.3. The van der Waals surface area contributed by atoms with Crippen molar-refractivity contribution in [1.82, 2.24) is 9.55 Å². The average molecular weight is 1400 g/mol. The van der Waals surface area contributed by atoms with Crippen LogP contribution >= 0.6 is 0 Å². The molecular weight excluding hydrogens is 1320 g/mol. The minimum atomic E-state index is -0.499. The van der Waals surface area contributed by atoms with Gasteiger partial charge in [-0.25, -0.2) is 4.98 Å². The summed E-state index contributed by atoms with van der Waals surface area (Å²) in [7, 11) is 0. The third-order valence-corrected chi connectivity index (χ3v) is 20.1. The standard InChI is InChI=1S/C88H75N4O.Pt/c1-84(2,3)60-42-38-56(39-43-60)58-41-47-82(89-54-58)92-78-35-19-13-27-69(78)70-45-44-65(53-81(70)92)93-64-25-22-24-63(52-64)90-55-91(80-37-21-20-36-79(80)90)83-66(28-23-29-67(83)59-48-61(85(4,5)6)51-62(49-59)86(7,8)9)57-40-46-73-71(50-57)68-26-12-14-30-72(68)88(73)76-33-17-15-31-74(76)87(10,11)75-32-16-18-34-77(75)88;/h12-51,54-55H,1-11H3;/q-3;. The number of nitrogens with zero attached hydrogens (tertiary/aromatic N) is 4. The van der Waals surface area contributed by atoms with Crippen LogP contribution in [0.1, 0.15) is 126 Å². The van der Waals surface area contributed by atoms with Gasteiger partial charge in [0.05, 0.1) is 5.41 Å². The first-order chi connectivity index (χ1) is 44.7. The molecule has 6 heteroatoms. The van der Waals surface area contributed by atoms with Crippen LogP contribution in [0.2, 0.25) is 0 Å². The van der Waals surface area contributed by atoms with Gasteiger partial charge in [0.15, 0.2) is 0 Å². The number of rotatable bonds is 8. The summed E-state index contributed by atoms with van der Waals surface area (Å²) in [5, 5.41) is 2.19. The zero-order valence-corrected chi connectivity index (χ0v) is 57.5. The summed E-state index contributed by atoms with van der Waals surface area (Å²) in [6.07, 6.45) is 1.97. The van der Waals surface area contributed by atoms with E-state index < -0.39 is 5.41 Å². The van der Waals surface area contributed by atoms with Crippen molar-refractivity contribution in [2.75, 3.05) is 9.80 Å². The van der Waals surface area contributed by atoms with E-state index in [1.807, 2.05) is 18.3 Å². The van der Waals surface area contributed by atoms with E-state index in [2.05, 4.69) is 340 Å². The molecule has 0 unspecified atom stereocenters. The first-order valence-corrected chi connectivity index (χ1v) is 32.7. The van der Waals surface area contributed by atoms with E-state index in [1.165, 1.54) is 66.8 Å². The van der Waals surface area contributed by atoms with Crippen LogP contribution in [0.15, 0.2) is 249 Å². The monoisotopic (exact) mass is 1400 g/mol. The van der Waals surface area contributed by atoms with Crippen LogP contribution in [0.4, 0.5) is 22.7 Å². The van der Waals surface area contributed by atoms with Gasteiger partial charge in [-0.1, -0.05) is 258 Å². The molecule has 2 aliphatic carbocycles. The van der Waals surface area contributed by atoms with E-state index in [9.17, 15) is 0 Å². The molecule has 5 nitrogen and oxygen atoms in total. The number of pyridine rings is 1. The Labute approximate surface area is 568 Å². The van der Waals surface area contributed by atoms with Crippen LogP contribution in [-0.2, 0) is 48.1 Å². The fourth-order valence-electron chi connectivity index (χ4n) is 15.2. The molecule has 11 aromatic carbocycles. The van der Waals surface area contributed by atoms with Crippen molar-refractivity contribution >= 4 is 44.6 Å². The van der Waals surface area contributed by atoms with Gasteiger partial charge in [-0.05, 0) is 136 Å². The largest absolute Gasteiger partial charge is 0.509 e. The number of hydrogen-bond donors (Lipinski definition) is 0. The minimum absolute atomic E-state index is 0. The molecule has 1 aliphatic heterocycles. The molecule has 13 aromatic rings. The second kappa shape index (κ2) is 22.3. The molecular formula is C88H75N4OPt-3. The number of anilines is 4. The molecule has 3 aliphatic rings. The maximum absolute atomic E-state index is 6.87. The molecule has 1 spiro atoms. The van der Waals surface area contributed by atoms with Crippen molar-refractivity contribution in [3.8, 4) is 61.8 Å². The average Bonchev–Trinajstić information content (AvgIpc) is 1.42. The summed E-state index contributed by atoms with van der Waals surface area (Å²) in [5.41, 5.74) is 26.5. The third-order valence-electron chi connectivity index (χ3n) is 20.1. The van der Waals surface area contributed by atoms with E-state index in [4.69, 9.17) is 9.72 Å². The van der Waals surface area contributed by atoms with E-state index in [0.29, 0.717) is 11.5 Å². The van der Waals surface area contributed by atoms with Gasteiger partial charge in [-0.3, -0.25) is 0 Å². The summed E-state index contributed by atoms with van der Waals surface area (Å²) in [4.78, 5) is 9.78. The topological polar surface area (TPSA) is 33.5 Å². The molecule has 0 saturated heterocycles. The van der Waals surface area contributed by atoms with E-state index >= 15 is 0 Å². The molecule has 16 rings (SSSR count). The Balaban J connectivity index is 0.00000729. The van der Waals surface area contributed by atoms with Gasteiger partial charge in [0, 0.05) is 83.4 Å². The zero-order valence-electron chi connectivity index (χ0n) is 55.3. The van der Waals surface area contributed by atoms with Crippen LogP contribution in [0.5, 0.6) is 11.5 Å². The van der Waals surface area contributed by atoms with E-state index in [0.717, 1.165) is 78.2 Å². The van der Waals surface area contributed by atoms with Gasteiger partial charge in [0.2, 0.25) is 0 Å². The fourth-order valence-corrected chi connectivity index (χ4v) is 15.2. The van der Waals surface area contributed by atoms with Crippen molar-refractivity contribution in [1.29, 1.82) is 0 Å². The number of hydrogen-bond acceptors (Lipinski definition) is 4. The number of ether oxygens (including phenoxy) is 1. The maximum Gasteiger partial charge on any atom is 0.135 e. The second-order valence-electron chi connectivity index (χ2n) is 29.3. The molecule has 0 fully saturated rings. The third kappa shape index (κ3) is 9.70. The Kier molecular flexibility index (Phi) is 14.4. The number of benzene rings is 11. The summed E-state index contributed by atoms with van der Waals surface area (Å²) in [6.45, 7) is 27.7. The van der Waals surface area contributed by atoms with Crippen LogP contribution in [-0.4, -0.2) is 9.55 Å². The SMILES string of the molecule is CC(C)(C)c1ccc(-c2ccc(-n3c4[c-]c(Oc5[c-]c(N6[CH-]N(c7c(-c8cc(C(C)(C)C)cc(C(C)(C)C)c8)cccc7-c7ccc8c(c7)-c7ccccc7C87c8ccccc8C(C)(C)c8ccccc87)c7ccccc76)ccc5)ccc4c4ccccc43)nc2)cc1.[Pt]. The Morgan fingerprint density at radius 2 is 0.947 bits per heavy atom. The van der Waals surface area contributed by atoms with Crippen molar-refractivity contribution < 1.29 is 25.8 Å².